The monoisotopic (exact) mass is 330 g/mol. The maximum atomic E-state index is 11.2. The zero-order valence-electron chi connectivity index (χ0n) is 12.7. The maximum absolute atomic E-state index is 11.2. The number of Topliss-reactive ketones (excluding diaryl/α,β-unsaturated/α-hetero) is 2. The Kier molecular flexibility index (Phi) is 16.2. The first-order valence-corrected chi connectivity index (χ1v) is 6.07. The van der Waals surface area contributed by atoms with Gasteiger partial charge < -0.3 is 25.8 Å². The molecule has 4 N–H and O–H groups in total. The molecule has 0 fully saturated rings. The van der Waals surface area contributed by atoms with Crippen LogP contribution in [0.25, 0.3) is 0 Å². The van der Waals surface area contributed by atoms with E-state index in [1.54, 1.807) is 13.8 Å². The minimum Gasteiger partial charge on any atom is -0.387 e. The lowest BCUT2D eigenvalue weighted by molar-refractivity contribution is -0.201. The van der Waals surface area contributed by atoms with Gasteiger partial charge in [-0.05, 0) is 20.3 Å². The van der Waals surface area contributed by atoms with Crippen LogP contribution < -0.4 is 11.5 Å². The van der Waals surface area contributed by atoms with E-state index < -0.39 is 18.1 Å². The highest BCUT2D eigenvalue weighted by atomic mass is 19.4. The summed E-state index contributed by atoms with van der Waals surface area (Å²) in [5.74, 6) is -3.44. The average molecular weight is 330 g/mol. The third kappa shape index (κ3) is 26.7. The Morgan fingerprint density at radius 2 is 1.23 bits per heavy atom. The van der Waals surface area contributed by atoms with Crippen LogP contribution in [0.3, 0.4) is 0 Å². The zero-order valence-corrected chi connectivity index (χ0v) is 12.7. The van der Waals surface area contributed by atoms with Crippen LogP contribution >= 0.6 is 0 Å². The number of ether oxygens (including phenoxy) is 1. The van der Waals surface area contributed by atoms with Crippen molar-refractivity contribution in [3.63, 3.8) is 0 Å². The Hall–Kier alpha value is -1.81. The second-order valence-corrected chi connectivity index (χ2v) is 3.87. The fourth-order valence-electron chi connectivity index (χ4n) is 0.775. The van der Waals surface area contributed by atoms with E-state index in [1.165, 1.54) is 0 Å². The smallest absolute Gasteiger partial charge is 0.387 e. The average Bonchev–Trinajstić information content (AvgIpc) is 2.27. The second kappa shape index (κ2) is 14.1. The van der Waals surface area contributed by atoms with Crippen LogP contribution in [0.1, 0.15) is 40.0 Å². The van der Waals surface area contributed by atoms with Gasteiger partial charge in [-0.2, -0.15) is 13.2 Å². The van der Waals surface area contributed by atoms with Gasteiger partial charge >= 0.3 is 18.1 Å². The maximum Gasteiger partial charge on any atom is 0.491 e. The van der Waals surface area contributed by atoms with Crippen molar-refractivity contribution < 1.29 is 37.1 Å². The van der Waals surface area contributed by atoms with Gasteiger partial charge in [-0.15, -0.1) is 0 Å². The zero-order chi connectivity index (χ0) is 18.3. The molecule has 0 radical (unpaired) electrons. The third-order valence-corrected chi connectivity index (χ3v) is 1.53. The van der Waals surface area contributed by atoms with E-state index in [0.717, 1.165) is 0 Å². The lowest BCUT2D eigenvalue weighted by atomic mass is 10.1. The number of alkyl halides is 3. The molecule has 0 bridgehead atoms. The summed E-state index contributed by atoms with van der Waals surface area (Å²) >= 11 is 0. The molecule has 0 aromatic rings. The van der Waals surface area contributed by atoms with Crippen LogP contribution in [0.4, 0.5) is 13.2 Å². The van der Waals surface area contributed by atoms with E-state index in [1.807, 2.05) is 0 Å². The van der Waals surface area contributed by atoms with E-state index >= 15 is 0 Å². The summed E-state index contributed by atoms with van der Waals surface area (Å²) in [6, 6.07) is 0. The highest BCUT2D eigenvalue weighted by Crippen LogP contribution is 2.16. The molecule has 0 unspecified atom stereocenters. The molecule has 0 aliphatic heterocycles. The number of halogens is 3. The fraction of sp³-hybridized carbons (Fsp3) is 0.667. The first kappa shape index (κ1) is 25.2. The number of nitrogens with two attached hydrogens (primary N) is 2. The van der Waals surface area contributed by atoms with Crippen molar-refractivity contribution in [3.05, 3.63) is 0 Å². The molecule has 0 saturated carbocycles. The summed E-state index contributed by atoms with van der Waals surface area (Å²) in [6.07, 6.45) is -3.30. The van der Waals surface area contributed by atoms with Gasteiger partial charge in [0.05, 0.1) is 0 Å². The SMILES string of the molecule is CC(=O)CCCC(C)=O.CC(=O)OC(=O)C(F)(F)F.NCN. The summed E-state index contributed by atoms with van der Waals surface area (Å²) in [6.45, 7) is 4.05. The number of hydrogen-bond donors (Lipinski definition) is 2. The van der Waals surface area contributed by atoms with Crippen molar-refractivity contribution in [2.45, 2.75) is 46.2 Å². The summed E-state index contributed by atoms with van der Waals surface area (Å²) in [7, 11) is 0. The molecule has 7 nitrogen and oxygen atoms in total. The number of carbonyl (C=O) groups excluding carboxylic acids is 4. The Bertz CT molecular complexity index is 356. The van der Waals surface area contributed by atoms with Crippen LogP contribution in [0.5, 0.6) is 0 Å². The van der Waals surface area contributed by atoms with Gasteiger partial charge in [0.1, 0.15) is 11.6 Å². The van der Waals surface area contributed by atoms with E-state index in [4.69, 9.17) is 0 Å². The van der Waals surface area contributed by atoms with E-state index in [0.29, 0.717) is 26.2 Å². The lowest BCUT2D eigenvalue weighted by Gasteiger charge is -2.01. The molecule has 0 aliphatic carbocycles. The molecule has 0 saturated heterocycles. The van der Waals surface area contributed by atoms with Gasteiger partial charge in [0.25, 0.3) is 0 Å². The molecule has 0 atom stereocenters. The highest BCUT2D eigenvalue weighted by Gasteiger charge is 2.41. The number of ketones is 2. The predicted octanol–water partition coefficient (Wildman–Crippen LogP) is 0.834. The van der Waals surface area contributed by atoms with Crippen LogP contribution in [-0.2, 0) is 23.9 Å². The summed E-state index contributed by atoms with van der Waals surface area (Å²) in [4.78, 5) is 40.1. The fourth-order valence-corrected chi connectivity index (χ4v) is 0.775. The molecular formula is C12H21F3N2O5. The van der Waals surface area contributed by atoms with Crippen molar-refractivity contribution in [3.8, 4) is 0 Å². The van der Waals surface area contributed by atoms with Crippen LogP contribution in [-0.4, -0.2) is 36.4 Å². The highest BCUT2D eigenvalue weighted by molar-refractivity contribution is 5.87. The number of rotatable bonds is 4. The molecular weight excluding hydrogens is 309 g/mol. The minimum atomic E-state index is -5.09. The molecule has 0 amide bonds. The predicted molar refractivity (Wildman–Crippen MR) is 71.3 cm³/mol. The van der Waals surface area contributed by atoms with Gasteiger partial charge in [-0.25, -0.2) is 4.79 Å². The standard InChI is InChI=1S/C7H12O2.C4H3F3O3.CH6N2/c1-6(8)4-3-5-7(2)9;1-2(8)10-3(9)4(5,6)7;2-1-3/h3-5H2,1-2H3;1H3;1-3H2. The van der Waals surface area contributed by atoms with Crippen LogP contribution in [0.15, 0.2) is 0 Å². The molecule has 0 heterocycles. The quantitative estimate of drug-likeness (QED) is 0.443. The van der Waals surface area contributed by atoms with Crippen molar-refractivity contribution in [1.29, 1.82) is 0 Å². The van der Waals surface area contributed by atoms with Gasteiger partial charge in [-0.1, -0.05) is 0 Å². The number of hydrogen-bond acceptors (Lipinski definition) is 7. The Morgan fingerprint density at radius 3 is 1.36 bits per heavy atom. The minimum absolute atomic E-state index is 0.163. The first-order chi connectivity index (χ1) is 9.88. The summed E-state index contributed by atoms with van der Waals surface area (Å²) < 4.78 is 36.8. The molecule has 0 aliphatic rings. The van der Waals surface area contributed by atoms with Gasteiger partial charge in [0.15, 0.2) is 0 Å². The third-order valence-electron chi connectivity index (χ3n) is 1.53. The first-order valence-electron chi connectivity index (χ1n) is 6.07. The number of esters is 2. The van der Waals surface area contributed by atoms with Gasteiger partial charge in [0.2, 0.25) is 0 Å². The summed E-state index contributed by atoms with van der Waals surface area (Å²) in [5, 5.41) is 0. The molecule has 22 heavy (non-hydrogen) atoms. The van der Waals surface area contributed by atoms with E-state index in [9.17, 15) is 32.3 Å². The van der Waals surface area contributed by atoms with Crippen molar-refractivity contribution in [1.82, 2.24) is 0 Å². The van der Waals surface area contributed by atoms with Crippen molar-refractivity contribution in [2.75, 3.05) is 6.67 Å². The van der Waals surface area contributed by atoms with Gasteiger partial charge in [0, 0.05) is 26.4 Å². The normalized spacial score (nSPS) is 9.45. The number of carbonyl (C=O) groups is 4. The Balaban J connectivity index is -0.000000279. The van der Waals surface area contributed by atoms with Crippen LogP contribution in [0.2, 0.25) is 0 Å². The molecule has 0 spiro atoms. The molecule has 0 aromatic carbocycles. The topological polar surface area (TPSA) is 130 Å². The van der Waals surface area contributed by atoms with E-state index in [2.05, 4.69) is 16.2 Å². The van der Waals surface area contributed by atoms with Gasteiger partial charge in [-0.3, -0.25) is 4.79 Å². The second-order valence-electron chi connectivity index (χ2n) is 3.87. The molecule has 0 aromatic heterocycles. The molecule has 10 heteroatoms. The van der Waals surface area contributed by atoms with Crippen LogP contribution in [0, 0.1) is 0 Å². The largest absolute Gasteiger partial charge is 0.491 e. The molecule has 130 valence electrons. The molecule has 0 rings (SSSR count). The van der Waals surface area contributed by atoms with E-state index in [-0.39, 0.29) is 18.2 Å². The Morgan fingerprint density at radius 1 is 0.909 bits per heavy atom. The van der Waals surface area contributed by atoms with Crippen molar-refractivity contribution >= 4 is 23.5 Å². The lowest BCUT2D eigenvalue weighted by Crippen LogP contribution is -2.26. The Labute approximate surface area is 126 Å². The summed E-state index contributed by atoms with van der Waals surface area (Å²) in [5.41, 5.74) is 9.25. The van der Waals surface area contributed by atoms with Crippen molar-refractivity contribution in [2.24, 2.45) is 11.5 Å².